The lowest BCUT2D eigenvalue weighted by Gasteiger charge is -2.16. The van der Waals surface area contributed by atoms with Crippen molar-refractivity contribution in [2.75, 3.05) is 6.61 Å². The van der Waals surface area contributed by atoms with Crippen molar-refractivity contribution in [2.45, 2.75) is 18.4 Å². The van der Waals surface area contributed by atoms with Crippen molar-refractivity contribution >= 4 is 21.9 Å². The van der Waals surface area contributed by atoms with Crippen LogP contribution in [0.4, 0.5) is 13.2 Å². The highest BCUT2D eigenvalue weighted by atomic mass is 79.9. The van der Waals surface area contributed by atoms with Crippen molar-refractivity contribution in [3.05, 3.63) is 34.4 Å². The number of hydrogen-bond acceptors (Lipinski definition) is 3. The van der Waals surface area contributed by atoms with Gasteiger partial charge in [0.15, 0.2) is 0 Å². The summed E-state index contributed by atoms with van der Waals surface area (Å²) in [6, 6.07) is 3.82. The molecule has 0 bridgehead atoms. The van der Waals surface area contributed by atoms with E-state index in [2.05, 4.69) is 20.7 Å². The molecule has 0 atom stereocenters. The highest BCUT2D eigenvalue weighted by Gasteiger charge is 2.39. The first-order chi connectivity index (χ1) is 8.86. The van der Waals surface area contributed by atoms with Crippen LogP contribution >= 0.6 is 15.9 Å². The van der Waals surface area contributed by atoms with Crippen molar-refractivity contribution in [3.63, 3.8) is 0 Å². The van der Waals surface area contributed by atoms with E-state index in [9.17, 15) is 18.0 Å². The van der Waals surface area contributed by atoms with E-state index in [1.165, 1.54) is 13.0 Å². The number of rotatable bonds is 3. The molecule has 1 aromatic carbocycles. The first kappa shape index (κ1) is 15.5. The summed E-state index contributed by atoms with van der Waals surface area (Å²) in [7, 11) is 0. The van der Waals surface area contributed by atoms with Gasteiger partial charge in [0.25, 0.3) is 0 Å². The number of nitrogens with zero attached hydrogens (tertiary/aromatic N) is 1. The molecule has 0 spiro atoms. The molecular formula is C12H9BrF3NO2. The second-order valence-corrected chi connectivity index (χ2v) is 4.04. The third-order valence-corrected chi connectivity index (χ3v) is 2.91. The molecule has 0 saturated heterocycles. The summed E-state index contributed by atoms with van der Waals surface area (Å²) in [6.45, 7) is 1.47. The molecule has 19 heavy (non-hydrogen) atoms. The van der Waals surface area contributed by atoms with Gasteiger partial charge in [0.05, 0.1) is 29.4 Å². The van der Waals surface area contributed by atoms with Gasteiger partial charge in [-0.3, -0.25) is 0 Å². The third-order valence-electron chi connectivity index (χ3n) is 2.35. The van der Waals surface area contributed by atoms with E-state index < -0.39 is 23.3 Å². The SMILES string of the molecule is CCOC(=O)c1ccc(C#N)c(CBr)c1C(F)(F)F. The van der Waals surface area contributed by atoms with Crippen molar-refractivity contribution in [3.8, 4) is 6.07 Å². The van der Waals surface area contributed by atoms with Gasteiger partial charge in [-0.25, -0.2) is 4.79 Å². The zero-order chi connectivity index (χ0) is 14.6. The minimum atomic E-state index is -4.74. The lowest BCUT2D eigenvalue weighted by molar-refractivity contribution is -0.138. The Hall–Kier alpha value is -1.55. The maximum Gasteiger partial charge on any atom is 0.417 e. The van der Waals surface area contributed by atoms with Gasteiger partial charge in [-0.1, -0.05) is 15.9 Å². The van der Waals surface area contributed by atoms with E-state index in [4.69, 9.17) is 5.26 Å². The highest BCUT2D eigenvalue weighted by molar-refractivity contribution is 9.08. The minimum absolute atomic E-state index is 0.0280. The number of nitriles is 1. The largest absolute Gasteiger partial charge is 0.462 e. The summed E-state index contributed by atoms with van der Waals surface area (Å²) in [4.78, 5) is 11.6. The number of halogens is 4. The van der Waals surface area contributed by atoms with Crippen LogP contribution in [0.15, 0.2) is 12.1 Å². The predicted molar refractivity (Wildman–Crippen MR) is 64.7 cm³/mol. The Morgan fingerprint density at radius 1 is 1.47 bits per heavy atom. The Balaban J connectivity index is 3.58. The lowest BCUT2D eigenvalue weighted by atomic mass is 9.97. The van der Waals surface area contributed by atoms with Crippen molar-refractivity contribution in [2.24, 2.45) is 0 Å². The Morgan fingerprint density at radius 2 is 2.11 bits per heavy atom. The highest BCUT2D eigenvalue weighted by Crippen LogP contribution is 2.37. The van der Waals surface area contributed by atoms with E-state index in [1.54, 1.807) is 6.07 Å². The van der Waals surface area contributed by atoms with Gasteiger partial charge in [0, 0.05) is 5.33 Å². The van der Waals surface area contributed by atoms with Crippen LogP contribution in [0, 0.1) is 11.3 Å². The third kappa shape index (κ3) is 3.26. The maximum atomic E-state index is 13.1. The number of esters is 1. The van der Waals surface area contributed by atoms with Gasteiger partial charge in [-0.05, 0) is 24.6 Å². The van der Waals surface area contributed by atoms with Crippen LogP contribution in [0.5, 0.6) is 0 Å². The number of carbonyl (C=O) groups is 1. The standard InChI is InChI=1S/C12H9BrF3NO2/c1-2-19-11(18)8-4-3-7(6-17)9(5-13)10(8)12(14,15)16/h3-4H,2,5H2,1H3. The number of hydrogen-bond donors (Lipinski definition) is 0. The Labute approximate surface area is 116 Å². The molecule has 0 aromatic heterocycles. The molecule has 0 aliphatic heterocycles. The van der Waals surface area contributed by atoms with Crippen LogP contribution < -0.4 is 0 Å². The van der Waals surface area contributed by atoms with Crippen LogP contribution in [-0.4, -0.2) is 12.6 Å². The van der Waals surface area contributed by atoms with Crippen molar-refractivity contribution in [1.29, 1.82) is 5.26 Å². The number of benzene rings is 1. The summed E-state index contributed by atoms with van der Waals surface area (Å²) in [5.41, 5.74) is -2.09. The van der Waals surface area contributed by atoms with E-state index in [-0.39, 0.29) is 23.1 Å². The molecule has 3 nitrogen and oxygen atoms in total. The van der Waals surface area contributed by atoms with Crippen molar-refractivity contribution in [1.82, 2.24) is 0 Å². The Kier molecular flexibility index (Phi) is 4.95. The lowest BCUT2D eigenvalue weighted by Crippen LogP contribution is -2.18. The molecular weight excluding hydrogens is 327 g/mol. The van der Waals surface area contributed by atoms with Crippen LogP contribution in [0.3, 0.4) is 0 Å². The van der Waals surface area contributed by atoms with E-state index in [1.807, 2.05) is 0 Å². The molecule has 0 N–H and O–H groups in total. The minimum Gasteiger partial charge on any atom is -0.462 e. The smallest absolute Gasteiger partial charge is 0.417 e. The second-order valence-electron chi connectivity index (χ2n) is 3.48. The fraction of sp³-hybridized carbons (Fsp3) is 0.333. The quantitative estimate of drug-likeness (QED) is 0.625. The molecule has 1 aromatic rings. The zero-order valence-corrected chi connectivity index (χ0v) is 11.4. The monoisotopic (exact) mass is 335 g/mol. The van der Waals surface area contributed by atoms with Crippen molar-refractivity contribution < 1.29 is 22.7 Å². The first-order valence-corrected chi connectivity index (χ1v) is 6.35. The molecule has 0 radical (unpaired) electrons. The van der Waals surface area contributed by atoms with Crippen LogP contribution in [0.25, 0.3) is 0 Å². The van der Waals surface area contributed by atoms with Gasteiger partial charge < -0.3 is 4.74 Å². The molecule has 0 heterocycles. The zero-order valence-electron chi connectivity index (χ0n) is 9.84. The average molecular weight is 336 g/mol. The van der Waals surface area contributed by atoms with Gasteiger partial charge in [-0.15, -0.1) is 0 Å². The second kappa shape index (κ2) is 6.06. The number of alkyl halides is 4. The number of carbonyl (C=O) groups excluding carboxylic acids is 1. The van der Waals surface area contributed by atoms with Crippen LogP contribution in [-0.2, 0) is 16.2 Å². The summed E-state index contributed by atoms with van der Waals surface area (Å²) in [5, 5.41) is 8.64. The molecule has 7 heteroatoms. The van der Waals surface area contributed by atoms with E-state index in [0.29, 0.717) is 0 Å². The summed E-state index contributed by atoms with van der Waals surface area (Å²) in [6.07, 6.45) is -4.74. The van der Waals surface area contributed by atoms with Gasteiger partial charge in [0.2, 0.25) is 0 Å². The first-order valence-electron chi connectivity index (χ1n) is 5.23. The van der Waals surface area contributed by atoms with Crippen LogP contribution in [0.2, 0.25) is 0 Å². The Bertz CT molecular complexity index is 535. The molecule has 0 fully saturated rings. The van der Waals surface area contributed by atoms with E-state index >= 15 is 0 Å². The summed E-state index contributed by atoms with van der Waals surface area (Å²) >= 11 is 2.91. The van der Waals surface area contributed by atoms with Crippen LogP contribution in [0.1, 0.15) is 34.0 Å². The Morgan fingerprint density at radius 3 is 2.53 bits per heavy atom. The fourth-order valence-electron chi connectivity index (χ4n) is 1.59. The molecule has 0 aliphatic rings. The predicted octanol–water partition coefficient (Wildman–Crippen LogP) is 3.65. The number of ether oxygens (including phenoxy) is 1. The average Bonchev–Trinajstić information content (AvgIpc) is 2.35. The maximum absolute atomic E-state index is 13.1. The summed E-state index contributed by atoms with van der Waals surface area (Å²) < 4.78 is 43.8. The van der Waals surface area contributed by atoms with Gasteiger partial charge >= 0.3 is 12.1 Å². The molecule has 0 amide bonds. The van der Waals surface area contributed by atoms with E-state index in [0.717, 1.165) is 6.07 Å². The normalized spacial score (nSPS) is 10.9. The molecule has 0 aliphatic carbocycles. The molecule has 0 unspecified atom stereocenters. The molecule has 0 saturated carbocycles. The van der Waals surface area contributed by atoms with Gasteiger partial charge in [0.1, 0.15) is 0 Å². The fourth-order valence-corrected chi connectivity index (χ4v) is 2.18. The topological polar surface area (TPSA) is 50.1 Å². The molecule has 1 rings (SSSR count). The summed E-state index contributed by atoms with van der Waals surface area (Å²) in [5.74, 6) is -1.05. The van der Waals surface area contributed by atoms with Gasteiger partial charge in [-0.2, -0.15) is 18.4 Å². The molecule has 102 valence electrons.